The van der Waals surface area contributed by atoms with Crippen molar-refractivity contribution < 1.29 is 10.0 Å². The van der Waals surface area contributed by atoms with E-state index in [-0.39, 0.29) is 23.3 Å². The molecule has 0 amide bonds. The first-order chi connectivity index (χ1) is 11.5. The number of rotatable bonds is 5. The zero-order valence-electron chi connectivity index (χ0n) is 13.9. The van der Waals surface area contributed by atoms with Crippen molar-refractivity contribution in [2.24, 2.45) is 0 Å². The molecule has 2 heterocycles. The topological polar surface area (TPSA) is 69.8 Å². The Balaban J connectivity index is 1.80. The van der Waals surface area contributed by atoms with E-state index in [1.54, 1.807) is 6.92 Å². The number of aliphatic hydroxyl groups excluding tert-OH is 1. The molecular formula is C17H24ClN3O3. The maximum absolute atomic E-state index is 11.1. The van der Waals surface area contributed by atoms with Crippen LogP contribution in [0.4, 0.5) is 11.4 Å². The van der Waals surface area contributed by atoms with Gasteiger partial charge in [-0.1, -0.05) is 11.6 Å². The van der Waals surface area contributed by atoms with Crippen LogP contribution in [0.25, 0.3) is 0 Å². The van der Waals surface area contributed by atoms with Crippen molar-refractivity contribution in [3.63, 3.8) is 0 Å². The predicted octanol–water partition coefficient (Wildman–Crippen LogP) is 2.98. The van der Waals surface area contributed by atoms with Gasteiger partial charge in [0, 0.05) is 36.8 Å². The van der Waals surface area contributed by atoms with Crippen LogP contribution in [0.5, 0.6) is 0 Å². The highest BCUT2D eigenvalue weighted by Gasteiger charge is 2.32. The first-order valence-electron chi connectivity index (χ1n) is 8.57. The summed E-state index contributed by atoms with van der Waals surface area (Å²) >= 11 is 6.36. The minimum Gasteiger partial charge on any atom is -0.395 e. The van der Waals surface area contributed by atoms with E-state index in [9.17, 15) is 15.2 Å². The van der Waals surface area contributed by atoms with Gasteiger partial charge in [-0.15, -0.1) is 0 Å². The van der Waals surface area contributed by atoms with Crippen LogP contribution in [0.1, 0.15) is 31.2 Å². The third kappa shape index (κ3) is 3.36. The molecule has 0 aromatic heterocycles. The summed E-state index contributed by atoms with van der Waals surface area (Å²) in [5.74, 6) is 0. The van der Waals surface area contributed by atoms with Crippen LogP contribution < -0.4 is 4.90 Å². The Morgan fingerprint density at radius 1 is 1.29 bits per heavy atom. The van der Waals surface area contributed by atoms with E-state index in [0.29, 0.717) is 16.6 Å². The van der Waals surface area contributed by atoms with Crippen molar-refractivity contribution in [1.29, 1.82) is 0 Å². The van der Waals surface area contributed by atoms with Crippen molar-refractivity contribution in [1.82, 2.24) is 4.90 Å². The average Bonchev–Trinajstić information content (AvgIpc) is 3.18. The molecule has 1 aromatic rings. The van der Waals surface area contributed by atoms with Crippen LogP contribution in [0.15, 0.2) is 12.1 Å². The molecule has 132 valence electrons. The molecule has 0 bridgehead atoms. The molecule has 0 saturated carbocycles. The van der Waals surface area contributed by atoms with E-state index in [1.165, 1.54) is 6.07 Å². The molecular weight excluding hydrogens is 330 g/mol. The summed E-state index contributed by atoms with van der Waals surface area (Å²) < 4.78 is 0. The maximum atomic E-state index is 11.1. The Labute approximate surface area is 147 Å². The lowest BCUT2D eigenvalue weighted by Crippen LogP contribution is -2.43. The molecule has 2 aliphatic heterocycles. The minimum atomic E-state index is -0.386. The molecule has 0 aliphatic carbocycles. The van der Waals surface area contributed by atoms with Gasteiger partial charge in [0.1, 0.15) is 0 Å². The Morgan fingerprint density at radius 2 is 2.00 bits per heavy atom. The SMILES string of the molecule is Cc1cc(N2CCCC2CN2CCCC2CO)c(Cl)cc1[N+](=O)[O-]. The van der Waals surface area contributed by atoms with Gasteiger partial charge in [-0.2, -0.15) is 0 Å². The molecule has 3 rings (SSSR count). The number of benzene rings is 1. The molecule has 0 spiro atoms. The van der Waals surface area contributed by atoms with Gasteiger partial charge >= 0.3 is 0 Å². The molecule has 7 heteroatoms. The second-order valence-electron chi connectivity index (χ2n) is 6.81. The van der Waals surface area contributed by atoms with Crippen molar-refractivity contribution in [3.05, 3.63) is 32.8 Å². The van der Waals surface area contributed by atoms with Crippen molar-refractivity contribution in [2.75, 3.05) is 31.1 Å². The van der Waals surface area contributed by atoms with Crippen molar-refractivity contribution >= 4 is 23.0 Å². The van der Waals surface area contributed by atoms with E-state index in [0.717, 1.165) is 51.0 Å². The smallest absolute Gasteiger partial charge is 0.273 e. The molecule has 2 fully saturated rings. The summed E-state index contributed by atoms with van der Waals surface area (Å²) in [5, 5.41) is 21.0. The number of nitrogens with zero attached hydrogens (tertiary/aromatic N) is 3. The van der Waals surface area contributed by atoms with E-state index < -0.39 is 0 Å². The zero-order valence-corrected chi connectivity index (χ0v) is 14.7. The minimum absolute atomic E-state index is 0.0689. The van der Waals surface area contributed by atoms with E-state index >= 15 is 0 Å². The molecule has 6 nitrogen and oxygen atoms in total. The number of aryl methyl sites for hydroxylation is 1. The molecule has 2 saturated heterocycles. The second kappa shape index (κ2) is 7.25. The standard InChI is InChI=1S/C17H24ClN3O3/c1-12-8-17(15(18)9-16(12)21(23)24)20-7-3-4-13(20)10-19-6-2-5-14(19)11-22/h8-9,13-14,22H,2-7,10-11H2,1H3. The second-order valence-corrected chi connectivity index (χ2v) is 7.22. The number of anilines is 1. The van der Waals surface area contributed by atoms with E-state index in [1.807, 2.05) is 6.07 Å². The normalized spacial score (nSPS) is 24.7. The van der Waals surface area contributed by atoms with E-state index in [2.05, 4.69) is 9.80 Å². The van der Waals surface area contributed by atoms with Gasteiger partial charge in [-0.3, -0.25) is 15.0 Å². The number of aliphatic hydroxyl groups is 1. The van der Waals surface area contributed by atoms with Crippen LogP contribution in [0.2, 0.25) is 5.02 Å². The molecule has 0 radical (unpaired) electrons. The first kappa shape index (κ1) is 17.5. The van der Waals surface area contributed by atoms with Crippen LogP contribution >= 0.6 is 11.6 Å². The lowest BCUT2D eigenvalue weighted by Gasteiger charge is -2.33. The third-order valence-electron chi connectivity index (χ3n) is 5.30. The largest absolute Gasteiger partial charge is 0.395 e. The highest BCUT2D eigenvalue weighted by molar-refractivity contribution is 6.33. The van der Waals surface area contributed by atoms with Crippen molar-refractivity contribution in [3.8, 4) is 0 Å². The number of hydrogen-bond donors (Lipinski definition) is 1. The highest BCUT2D eigenvalue weighted by Crippen LogP contribution is 2.37. The van der Waals surface area contributed by atoms with Crippen LogP contribution in [0.3, 0.4) is 0 Å². The molecule has 1 N–H and O–H groups in total. The Kier molecular flexibility index (Phi) is 5.27. The van der Waals surface area contributed by atoms with Gasteiger partial charge in [0.15, 0.2) is 0 Å². The molecule has 24 heavy (non-hydrogen) atoms. The predicted molar refractivity (Wildman–Crippen MR) is 94.9 cm³/mol. The molecule has 2 atom stereocenters. The summed E-state index contributed by atoms with van der Waals surface area (Å²) in [7, 11) is 0. The monoisotopic (exact) mass is 353 g/mol. The van der Waals surface area contributed by atoms with Gasteiger partial charge in [0.05, 0.1) is 22.2 Å². The Hall–Kier alpha value is -1.37. The molecule has 2 aliphatic rings. The van der Waals surface area contributed by atoms with Crippen molar-refractivity contribution in [2.45, 2.75) is 44.7 Å². The summed E-state index contributed by atoms with van der Waals surface area (Å²) in [4.78, 5) is 15.3. The number of hydrogen-bond acceptors (Lipinski definition) is 5. The molecule has 1 aromatic carbocycles. The summed E-state index contributed by atoms with van der Waals surface area (Å²) in [6.07, 6.45) is 4.37. The molecule has 2 unspecified atom stereocenters. The Bertz CT molecular complexity index is 625. The van der Waals surface area contributed by atoms with Gasteiger partial charge in [0.2, 0.25) is 0 Å². The van der Waals surface area contributed by atoms with Crippen LogP contribution in [-0.2, 0) is 0 Å². The van der Waals surface area contributed by atoms with Crippen LogP contribution in [-0.4, -0.2) is 53.3 Å². The van der Waals surface area contributed by atoms with Gasteiger partial charge in [-0.25, -0.2) is 0 Å². The fourth-order valence-electron chi connectivity index (χ4n) is 4.03. The lowest BCUT2D eigenvalue weighted by molar-refractivity contribution is -0.385. The van der Waals surface area contributed by atoms with Gasteiger partial charge in [0.25, 0.3) is 5.69 Å². The fourth-order valence-corrected chi connectivity index (χ4v) is 4.29. The Morgan fingerprint density at radius 3 is 2.71 bits per heavy atom. The highest BCUT2D eigenvalue weighted by atomic mass is 35.5. The summed E-state index contributed by atoms with van der Waals surface area (Å²) in [6.45, 7) is 4.83. The quantitative estimate of drug-likeness (QED) is 0.651. The fraction of sp³-hybridized carbons (Fsp3) is 0.647. The number of nitro benzene ring substituents is 1. The summed E-state index contributed by atoms with van der Waals surface area (Å²) in [5.41, 5.74) is 1.60. The van der Waals surface area contributed by atoms with E-state index in [4.69, 9.17) is 11.6 Å². The summed E-state index contributed by atoms with van der Waals surface area (Å²) in [6, 6.07) is 3.91. The number of likely N-dealkylation sites (tertiary alicyclic amines) is 1. The average molecular weight is 354 g/mol. The zero-order chi connectivity index (χ0) is 17.3. The third-order valence-corrected chi connectivity index (χ3v) is 5.61. The van der Waals surface area contributed by atoms with Crippen LogP contribution in [0, 0.1) is 17.0 Å². The lowest BCUT2D eigenvalue weighted by atomic mass is 10.1. The van der Waals surface area contributed by atoms with Gasteiger partial charge in [-0.05, 0) is 45.2 Å². The number of halogens is 1. The first-order valence-corrected chi connectivity index (χ1v) is 8.95. The van der Waals surface area contributed by atoms with Gasteiger partial charge < -0.3 is 10.0 Å². The maximum Gasteiger partial charge on any atom is 0.273 e. The number of nitro groups is 1.